The first-order chi connectivity index (χ1) is 9.51. The maximum atomic E-state index is 13.1. The van der Waals surface area contributed by atoms with Crippen molar-refractivity contribution in [3.63, 3.8) is 0 Å². The van der Waals surface area contributed by atoms with Crippen LogP contribution in [0.15, 0.2) is 18.2 Å². The van der Waals surface area contributed by atoms with Gasteiger partial charge in [-0.15, -0.1) is 0 Å². The highest BCUT2D eigenvalue weighted by molar-refractivity contribution is 5.96. The molecule has 1 aromatic carbocycles. The summed E-state index contributed by atoms with van der Waals surface area (Å²) in [6.45, 7) is -0.627. The van der Waals surface area contributed by atoms with Gasteiger partial charge in [-0.25, -0.2) is 13.6 Å². The highest BCUT2D eigenvalue weighted by Crippen LogP contribution is 2.20. The van der Waals surface area contributed by atoms with Gasteiger partial charge < -0.3 is 15.3 Å². The molecule has 0 spiro atoms. The van der Waals surface area contributed by atoms with Gasteiger partial charge in [-0.3, -0.25) is 4.79 Å². The molecule has 1 aromatic rings. The molecule has 1 aliphatic rings. The van der Waals surface area contributed by atoms with Gasteiger partial charge in [0.15, 0.2) is 0 Å². The molecule has 1 heterocycles. The second-order valence-electron chi connectivity index (χ2n) is 4.60. The van der Waals surface area contributed by atoms with Gasteiger partial charge in [0.05, 0.1) is 6.04 Å². The van der Waals surface area contributed by atoms with Crippen LogP contribution in [-0.2, 0) is 6.42 Å². The van der Waals surface area contributed by atoms with E-state index in [2.05, 4.69) is 0 Å². The minimum absolute atomic E-state index is 0.0432. The van der Waals surface area contributed by atoms with Crippen molar-refractivity contribution < 1.29 is 23.5 Å². The van der Waals surface area contributed by atoms with Gasteiger partial charge in [0.25, 0.3) is 5.91 Å². The van der Waals surface area contributed by atoms with Crippen LogP contribution in [0, 0.1) is 5.82 Å². The van der Waals surface area contributed by atoms with Gasteiger partial charge >= 0.3 is 6.09 Å². The maximum absolute atomic E-state index is 13.1. The Kier molecular flexibility index (Phi) is 4.16. The van der Waals surface area contributed by atoms with Crippen molar-refractivity contribution in [1.29, 1.82) is 0 Å². The van der Waals surface area contributed by atoms with Crippen molar-refractivity contribution in [2.75, 3.05) is 19.8 Å². The number of halogens is 2. The molecule has 20 heavy (non-hydrogen) atoms. The smallest absolute Gasteiger partial charge is 0.405 e. The largest absolute Gasteiger partial charge is 0.465 e. The average Bonchev–Trinajstić information content (AvgIpc) is 2.40. The molecule has 0 saturated heterocycles. The minimum atomic E-state index is -1.33. The van der Waals surface area contributed by atoms with E-state index in [1.165, 1.54) is 23.1 Å². The number of carbonyl (C=O) groups is 2. The van der Waals surface area contributed by atoms with Gasteiger partial charge in [0.2, 0.25) is 0 Å². The first-order valence-corrected chi connectivity index (χ1v) is 6.14. The van der Waals surface area contributed by atoms with E-state index in [-0.39, 0.29) is 12.5 Å². The van der Waals surface area contributed by atoms with Crippen LogP contribution in [0.3, 0.4) is 0 Å². The van der Waals surface area contributed by atoms with Gasteiger partial charge in [0.1, 0.15) is 12.5 Å². The van der Waals surface area contributed by atoms with Gasteiger partial charge in [-0.05, 0) is 30.2 Å². The van der Waals surface area contributed by atoms with Crippen LogP contribution in [0.2, 0.25) is 0 Å². The molecule has 0 fully saturated rings. The molecule has 0 bridgehead atoms. The summed E-state index contributed by atoms with van der Waals surface area (Å²) in [4.78, 5) is 24.1. The van der Waals surface area contributed by atoms with Crippen LogP contribution >= 0.6 is 0 Å². The van der Waals surface area contributed by atoms with Crippen LogP contribution in [0.4, 0.5) is 13.6 Å². The van der Waals surface area contributed by atoms with Crippen molar-refractivity contribution in [1.82, 2.24) is 10.2 Å². The summed E-state index contributed by atoms with van der Waals surface area (Å²) in [5, 5.41) is 10.6. The lowest BCUT2D eigenvalue weighted by molar-refractivity contribution is 0.0713. The lowest BCUT2D eigenvalue weighted by Crippen LogP contribution is -2.48. The molecule has 5 nitrogen and oxygen atoms in total. The van der Waals surface area contributed by atoms with Crippen molar-refractivity contribution in [2.45, 2.75) is 12.5 Å². The number of fused-ring (bicyclic) bond motifs is 1. The Morgan fingerprint density at radius 3 is 2.90 bits per heavy atom. The number of hydrogen-bond acceptors (Lipinski definition) is 2. The quantitative estimate of drug-likeness (QED) is 0.878. The van der Waals surface area contributed by atoms with Gasteiger partial charge in [-0.1, -0.05) is 0 Å². The molecule has 0 aliphatic carbocycles. The van der Waals surface area contributed by atoms with E-state index in [1.54, 1.807) is 0 Å². The first kappa shape index (κ1) is 14.2. The molecule has 1 atom stereocenters. The Bertz CT molecular complexity index is 536. The normalized spacial score (nSPS) is 15.7. The summed E-state index contributed by atoms with van der Waals surface area (Å²) in [5.74, 6) is -0.740. The highest BCUT2D eigenvalue weighted by atomic mass is 19.1. The third-order valence-electron chi connectivity index (χ3n) is 3.19. The topological polar surface area (TPSA) is 69.6 Å². The average molecular weight is 284 g/mol. The van der Waals surface area contributed by atoms with E-state index in [4.69, 9.17) is 5.11 Å². The van der Waals surface area contributed by atoms with Crippen LogP contribution < -0.4 is 5.32 Å². The van der Waals surface area contributed by atoms with Crippen molar-refractivity contribution in [3.8, 4) is 0 Å². The van der Waals surface area contributed by atoms with Gasteiger partial charge in [0, 0.05) is 18.7 Å². The van der Waals surface area contributed by atoms with E-state index in [9.17, 15) is 18.4 Å². The molecule has 1 aliphatic heterocycles. The highest BCUT2D eigenvalue weighted by Gasteiger charge is 2.27. The predicted molar refractivity (Wildman–Crippen MR) is 66.9 cm³/mol. The summed E-state index contributed by atoms with van der Waals surface area (Å²) >= 11 is 0. The number of alkyl halides is 1. The number of rotatable bonds is 4. The Balaban J connectivity index is 2.10. The number of carboxylic acid groups (broad SMARTS) is 1. The number of amides is 2. The summed E-state index contributed by atoms with van der Waals surface area (Å²) in [7, 11) is 0. The van der Waals surface area contributed by atoms with Crippen molar-refractivity contribution in [2.24, 2.45) is 0 Å². The maximum Gasteiger partial charge on any atom is 0.405 e. The monoisotopic (exact) mass is 284 g/mol. The molecular formula is C13H14F2N2O3. The van der Waals surface area contributed by atoms with Crippen LogP contribution in [0.1, 0.15) is 15.9 Å². The predicted octanol–water partition coefficient (Wildman–Crippen LogP) is 1.43. The third-order valence-corrected chi connectivity index (χ3v) is 3.19. The SMILES string of the molecule is O=C(O)N[C@H](CF)CN1CCc2cc(F)ccc2C1=O. The summed E-state index contributed by atoms with van der Waals surface area (Å²) < 4.78 is 25.8. The lowest BCUT2D eigenvalue weighted by atomic mass is 9.98. The number of nitrogens with zero attached hydrogens (tertiary/aromatic N) is 1. The fraction of sp³-hybridized carbons (Fsp3) is 0.385. The van der Waals surface area contributed by atoms with E-state index in [1.807, 2.05) is 5.32 Å². The molecular weight excluding hydrogens is 270 g/mol. The Labute approximate surface area is 114 Å². The van der Waals surface area contributed by atoms with E-state index in [0.29, 0.717) is 24.1 Å². The molecule has 2 N–H and O–H groups in total. The molecule has 0 aromatic heterocycles. The molecule has 2 amide bonds. The van der Waals surface area contributed by atoms with Crippen LogP contribution in [-0.4, -0.2) is 47.8 Å². The van der Waals surface area contributed by atoms with E-state index in [0.717, 1.165) is 0 Å². The molecule has 2 rings (SSSR count). The Hall–Kier alpha value is -2.18. The van der Waals surface area contributed by atoms with Crippen LogP contribution in [0.25, 0.3) is 0 Å². The fourth-order valence-corrected chi connectivity index (χ4v) is 2.25. The molecule has 108 valence electrons. The third kappa shape index (κ3) is 3.04. The summed E-state index contributed by atoms with van der Waals surface area (Å²) in [5.41, 5.74) is 1.000. The van der Waals surface area contributed by atoms with Crippen molar-refractivity contribution >= 4 is 12.0 Å². The van der Waals surface area contributed by atoms with Gasteiger partial charge in [-0.2, -0.15) is 0 Å². The first-order valence-electron chi connectivity index (χ1n) is 6.14. The Morgan fingerprint density at radius 1 is 1.50 bits per heavy atom. The zero-order valence-corrected chi connectivity index (χ0v) is 10.6. The number of benzene rings is 1. The number of hydrogen-bond donors (Lipinski definition) is 2. The molecule has 0 radical (unpaired) electrons. The fourth-order valence-electron chi connectivity index (χ4n) is 2.25. The second-order valence-corrected chi connectivity index (χ2v) is 4.60. The van der Waals surface area contributed by atoms with Crippen LogP contribution in [0.5, 0.6) is 0 Å². The summed E-state index contributed by atoms with van der Waals surface area (Å²) in [6.07, 6.45) is -0.871. The van der Waals surface area contributed by atoms with E-state index >= 15 is 0 Å². The Morgan fingerprint density at radius 2 is 2.25 bits per heavy atom. The molecule has 7 heteroatoms. The van der Waals surface area contributed by atoms with E-state index < -0.39 is 24.6 Å². The number of nitrogens with one attached hydrogen (secondary N) is 1. The second kappa shape index (κ2) is 5.85. The molecule has 0 unspecified atom stereocenters. The zero-order chi connectivity index (χ0) is 14.7. The zero-order valence-electron chi connectivity index (χ0n) is 10.6. The lowest BCUT2D eigenvalue weighted by Gasteiger charge is -2.31. The standard InChI is InChI=1S/C13H14F2N2O3/c14-6-10(16-13(19)20)7-17-4-3-8-5-9(15)1-2-11(8)12(17)18/h1-2,5,10,16H,3-4,6-7H2,(H,19,20)/t10-/m1/s1. The number of carbonyl (C=O) groups excluding carboxylic acids is 1. The minimum Gasteiger partial charge on any atom is -0.465 e. The molecule has 0 saturated carbocycles. The van der Waals surface area contributed by atoms with Crippen molar-refractivity contribution in [3.05, 3.63) is 35.1 Å². The summed E-state index contributed by atoms with van der Waals surface area (Å²) in [6, 6.07) is 2.95.